The van der Waals surface area contributed by atoms with Crippen molar-refractivity contribution in [1.82, 2.24) is 20.2 Å². The van der Waals surface area contributed by atoms with E-state index in [1.165, 1.54) is 11.8 Å². The molecule has 0 radical (unpaired) electrons. The average Bonchev–Trinajstić information content (AvgIpc) is 3.29. The highest BCUT2D eigenvalue weighted by molar-refractivity contribution is 9.10. The minimum absolute atomic E-state index is 0.125. The zero-order valence-electron chi connectivity index (χ0n) is 18.4. The van der Waals surface area contributed by atoms with Gasteiger partial charge in [0.05, 0.1) is 11.5 Å². The number of halogens is 1. The van der Waals surface area contributed by atoms with Gasteiger partial charge in [-0.2, -0.15) is 5.10 Å². The first-order chi connectivity index (χ1) is 16.5. The van der Waals surface area contributed by atoms with E-state index >= 15 is 0 Å². The zero-order valence-corrected chi connectivity index (χ0v) is 20.8. The van der Waals surface area contributed by atoms with Crippen molar-refractivity contribution < 1.29 is 9.90 Å². The molecule has 0 aliphatic heterocycles. The molecule has 0 atom stereocenters. The SMILES string of the molecule is CC/C(=N\NC(=O)CSc1nnc(-c2ccccc2)n1-c1ccc(Br)cc1)c1ccc(O)cc1. The van der Waals surface area contributed by atoms with Gasteiger partial charge in [-0.25, -0.2) is 5.43 Å². The van der Waals surface area contributed by atoms with Crippen molar-refractivity contribution in [3.05, 3.63) is 88.9 Å². The number of aromatic hydroxyl groups is 1. The second kappa shape index (κ2) is 11.1. The van der Waals surface area contributed by atoms with Gasteiger partial charge < -0.3 is 5.11 Å². The Bertz CT molecular complexity index is 1290. The number of carbonyl (C=O) groups is 1. The van der Waals surface area contributed by atoms with E-state index in [4.69, 9.17) is 0 Å². The first-order valence-electron chi connectivity index (χ1n) is 10.6. The monoisotopic (exact) mass is 535 g/mol. The number of phenols is 1. The molecule has 0 saturated carbocycles. The second-order valence-electron chi connectivity index (χ2n) is 7.27. The fourth-order valence-corrected chi connectivity index (χ4v) is 4.26. The molecule has 0 saturated heterocycles. The number of aromatic nitrogens is 3. The van der Waals surface area contributed by atoms with E-state index in [1.54, 1.807) is 24.3 Å². The van der Waals surface area contributed by atoms with Gasteiger partial charge in [0, 0.05) is 15.7 Å². The van der Waals surface area contributed by atoms with Gasteiger partial charge in [0.1, 0.15) is 5.75 Å². The maximum absolute atomic E-state index is 12.5. The lowest BCUT2D eigenvalue weighted by atomic mass is 10.1. The van der Waals surface area contributed by atoms with E-state index in [1.807, 2.05) is 66.1 Å². The van der Waals surface area contributed by atoms with Crippen molar-refractivity contribution in [2.24, 2.45) is 5.10 Å². The van der Waals surface area contributed by atoms with Gasteiger partial charge in [-0.15, -0.1) is 10.2 Å². The Balaban J connectivity index is 1.52. The molecule has 0 spiro atoms. The van der Waals surface area contributed by atoms with E-state index in [0.717, 1.165) is 27.0 Å². The highest BCUT2D eigenvalue weighted by atomic mass is 79.9. The summed E-state index contributed by atoms with van der Waals surface area (Å²) in [6.45, 7) is 1.96. The Morgan fingerprint density at radius 3 is 2.41 bits per heavy atom. The zero-order chi connectivity index (χ0) is 23.9. The van der Waals surface area contributed by atoms with Crippen LogP contribution >= 0.6 is 27.7 Å². The molecule has 9 heteroatoms. The van der Waals surface area contributed by atoms with Crippen molar-refractivity contribution >= 4 is 39.3 Å². The molecule has 0 aliphatic carbocycles. The van der Waals surface area contributed by atoms with Gasteiger partial charge in [-0.1, -0.05) is 64.9 Å². The molecule has 0 bridgehead atoms. The van der Waals surface area contributed by atoms with E-state index in [-0.39, 0.29) is 17.4 Å². The summed E-state index contributed by atoms with van der Waals surface area (Å²) in [4.78, 5) is 12.5. The lowest BCUT2D eigenvalue weighted by Gasteiger charge is -2.10. The molecule has 7 nitrogen and oxygen atoms in total. The predicted molar refractivity (Wildman–Crippen MR) is 138 cm³/mol. The lowest BCUT2D eigenvalue weighted by molar-refractivity contribution is -0.118. The van der Waals surface area contributed by atoms with Gasteiger partial charge in [0.25, 0.3) is 5.91 Å². The molecule has 4 aromatic rings. The Labute approximate surface area is 210 Å². The molecule has 172 valence electrons. The van der Waals surface area contributed by atoms with E-state index < -0.39 is 0 Å². The van der Waals surface area contributed by atoms with Crippen LogP contribution in [-0.2, 0) is 4.79 Å². The van der Waals surface area contributed by atoms with Crippen molar-refractivity contribution in [1.29, 1.82) is 0 Å². The van der Waals surface area contributed by atoms with Crippen LogP contribution in [0.3, 0.4) is 0 Å². The minimum atomic E-state index is -0.249. The molecule has 0 aliphatic rings. The summed E-state index contributed by atoms with van der Waals surface area (Å²) in [5.74, 6) is 0.759. The summed E-state index contributed by atoms with van der Waals surface area (Å²) in [5.41, 5.74) is 6.02. The van der Waals surface area contributed by atoms with Crippen LogP contribution in [0.2, 0.25) is 0 Å². The molecule has 0 unspecified atom stereocenters. The number of hydrazone groups is 1. The Morgan fingerprint density at radius 2 is 1.74 bits per heavy atom. The number of nitrogens with zero attached hydrogens (tertiary/aromatic N) is 4. The quantitative estimate of drug-likeness (QED) is 0.178. The third-order valence-corrected chi connectivity index (χ3v) is 6.39. The van der Waals surface area contributed by atoms with Crippen LogP contribution in [-0.4, -0.2) is 37.2 Å². The third kappa shape index (κ3) is 5.73. The minimum Gasteiger partial charge on any atom is -0.508 e. The number of amides is 1. The Hall–Kier alpha value is -3.43. The van der Waals surface area contributed by atoms with Crippen molar-refractivity contribution in [2.45, 2.75) is 18.5 Å². The number of hydrogen-bond acceptors (Lipinski definition) is 6. The van der Waals surface area contributed by atoms with Crippen LogP contribution < -0.4 is 5.43 Å². The smallest absolute Gasteiger partial charge is 0.250 e. The van der Waals surface area contributed by atoms with Gasteiger partial charge in [-0.05, 0) is 60.5 Å². The molecule has 1 heterocycles. The average molecular weight is 536 g/mol. The van der Waals surface area contributed by atoms with E-state index in [2.05, 4.69) is 36.7 Å². The first kappa shape index (κ1) is 23.7. The topological polar surface area (TPSA) is 92.4 Å². The number of hydrogen-bond donors (Lipinski definition) is 2. The molecule has 3 aromatic carbocycles. The highest BCUT2D eigenvalue weighted by Gasteiger charge is 2.17. The van der Waals surface area contributed by atoms with Crippen LogP contribution in [0.15, 0.2) is 93.6 Å². The summed E-state index contributed by atoms with van der Waals surface area (Å²) in [6.07, 6.45) is 0.635. The summed E-state index contributed by atoms with van der Waals surface area (Å²) in [5, 5.41) is 23.1. The number of nitrogens with one attached hydrogen (secondary N) is 1. The van der Waals surface area contributed by atoms with Crippen LogP contribution in [0.4, 0.5) is 0 Å². The number of rotatable bonds is 8. The normalized spacial score (nSPS) is 11.4. The van der Waals surface area contributed by atoms with Gasteiger partial charge in [-0.3, -0.25) is 9.36 Å². The molecule has 0 fully saturated rings. The van der Waals surface area contributed by atoms with Crippen molar-refractivity contribution in [3.63, 3.8) is 0 Å². The summed E-state index contributed by atoms with van der Waals surface area (Å²) in [6, 6.07) is 24.4. The van der Waals surface area contributed by atoms with Gasteiger partial charge in [0.15, 0.2) is 11.0 Å². The molecule has 34 heavy (non-hydrogen) atoms. The third-order valence-electron chi connectivity index (χ3n) is 4.93. The fourth-order valence-electron chi connectivity index (χ4n) is 3.25. The Morgan fingerprint density at radius 1 is 1.03 bits per heavy atom. The number of carbonyl (C=O) groups excluding carboxylic acids is 1. The van der Waals surface area contributed by atoms with Crippen LogP contribution in [0.5, 0.6) is 5.75 Å². The molecule has 1 amide bonds. The molecular weight excluding hydrogens is 514 g/mol. The van der Waals surface area contributed by atoms with Gasteiger partial charge >= 0.3 is 0 Å². The van der Waals surface area contributed by atoms with Crippen LogP contribution in [0.25, 0.3) is 17.1 Å². The summed E-state index contributed by atoms with van der Waals surface area (Å²) >= 11 is 4.76. The van der Waals surface area contributed by atoms with E-state index in [9.17, 15) is 9.90 Å². The molecular formula is C25H22BrN5O2S. The fraction of sp³-hybridized carbons (Fsp3) is 0.120. The lowest BCUT2D eigenvalue weighted by Crippen LogP contribution is -2.22. The molecule has 1 aromatic heterocycles. The predicted octanol–water partition coefficient (Wildman–Crippen LogP) is 5.43. The second-order valence-corrected chi connectivity index (χ2v) is 9.12. The van der Waals surface area contributed by atoms with Crippen LogP contribution in [0, 0.1) is 0 Å². The van der Waals surface area contributed by atoms with Crippen molar-refractivity contribution in [3.8, 4) is 22.8 Å². The number of benzene rings is 3. The maximum Gasteiger partial charge on any atom is 0.250 e. The number of thioether (sulfide) groups is 1. The van der Waals surface area contributed by atoms with Crippen molar-refractivity contribution in [2.75, 3.05) is 5.75 Å². The maximum atomic E-state index is 12.5. The van der Waals surface area contributed by atoms with E-state index in [0.29, 0.717) is 17.4 Å². The number of phenolic OH excluding ortho intramolecular Hbond substituents is 1. The van der Waals surface area contributed by atoms with Crippen LogP contribution in [0.1, 0.15) is 18.9 Å². The first-order valence-corrected chi connectivity index (χ1v) is 12.4. The standard InChI is InChI=1S/C25H22BrN5O2S/c1-2-22(17-8-14-21(32)15-9-17)27-28-23(33)16-34-25-30-29-24(18-6-4-3-5-7-18)31(25)20-12-10-19(26)11-13-20/h3-15,32H,2,16H2,1H3,(H,28,33)/b27-22+. The molecule has 4 rings (SSSR count). The highest BCUT2D eigenvalue weighted by Crippen LogP contribution is 2.28. The van der Waals surface area contributed by atoms with Gasteiger partial charge in [0.2, 0.25) is 0 Å². The Kier molecular flexibility index (Phi) is 7.76. The summed E-state index contributed by atoms with van der Waals surface area (Å²) in [7, 11) is 0. The summed E-state index contributed by atoms with van der Waals surface area (Å²) < 4.78 is 2.91. The molecule has 2 N–H and O–H groups in total. The largest absolute Gasteiger partial charge is 0.508 e.